The molecular weight excluding hydrogens is 350 g/mol. The van der Waals surface area contributed by atoms with Crippen LogP contribution in [0.25, 0.3) is 0 Å². The Bertz CT molecular complexity index is 618. The third-order valence-electron chi connectivity index (χ3n) is 6.30. The topological polar surface area (TPSA) is 60.7 Å². The van der Waals surface area contributed by atoms with Gasteiger partial charge in [-0.2, -0.15) is 5.10 Å². The molecule has 1 aromatic heterocycles. The number of likely N-dealkylation sites (tertiary alicyclic amines) is 1. The van der Waals surface area contributed by atoms with Gasteiger partial charge in [0, 0.05) is 51.0 Å². The molecule has 1 aromatic rings. The van der Waals surface area contributed by atoms with Gasteiger partial charge in [-0.1, -0.05) is 19.3 Å². The van der Waals surface area contributed by atoms with E-state index in [2.05, 4.69) is 50.8 Å². The number of guanidine groups is 1. The van der Waals surface area contributed by atoms with Crippen molar-refractivity contribution in [2.24, 2.45) is 12.0 Å². The fourth-order valence-corrected chi connectivity index (χ4v) is 4.69. The molecule has 2 atom stereocenters. The van der Waals surface area contributed by atoms with Gasteiger partial charge in [-0.25, -0.2) is 0 Å². The SMILES string of the molecule is CN=C(NCC(c1cnn(C)c1)N(C)C)NC1CCCN(C2CCCCC2)C1. The maximum Gasteiger partial charge on any atom is 0.191 e. The van der Waals surface area contributed by atoms with Gasteiger partial charge in [0.2, 0.25) is 0 Å². The summed E-state index contributed by atoms with van der Waals surface area (Å²) >= 11 is 0. The number of likely N-dealkylation sites (N-methyl/N-ethyl adjacent to an activating group) is 1. The van der Waals surface area contributed by atoms with Crippen molar-refractivity contribution < 1.29 is 0 Å². The Labute approximate surface area is 170 Å². The van der Waals surface area contributed by atoms with Crippen LogP contribution < -0.4 is 10.6 Å². The summed E-state index contributed by atoms with van der Waals surface area (Å²) < 4.78 is 1.86. The van der Waals surface area contributed by atoms with Crippen LogP contribution in [-0.2, 0) is 7.05 Å². The first-order valence-electron chi connectivity index (χ1n) is 10.9. The van der Waals surface area contributed by atoms with E-state index in [-0.39, 0.29) is 6.04 Å². The van der Waals surface area contributed by atoms with E-state index in [0.717, 1.165) is 25.1 Å². The number of nitrogens with zero attached hydrogens (tertiary/aromatic N) is 5. The Morgan fingerprint density at radius 2 is 2.04 bits per heavy atom. The molecule has 2 fully saturated rings. The largest absolute Gasteiger partial charge is 0.354 e. The molecule has 158 valence electrons. The average molecular weight is 390 g/mol. The fraction of sp³-hybridized carbons (Fsp3) is 0.810. The monoisotopic (exact) mass is 389 g/mol. The summed E-state index contributed by atoms with van der Waals surface area (Å²) in [7, 11) is 8.05. The van der Waals surface area contributed by atoms with Crippen molar-refractivity contribution in [1.29, 1.82) is 0 Å². The van der Waals surface area contributed by atoms with Crippen molar-refractivity contribution >= 4 is 5.96 Å². The number of aromatic nitrogens is 2. The summed E-state index contributed by atoms with van der Waals surface area (Å²) in [5.74, 6) is 0.909. The maximum atomic E-state index is 4.49. The molecule has 1 saturated carbocycles. The average Bonchev–Trinajstić information content (AvgIpc) is 3.13. The Hall–Kier alpha value is -1.60. The lowest BCUT2D eigenvalue weighted by atomic mass is 9.92. The molecule has 2 unspecified atom stereocenters. The third kappa shape index (κ3) is 5.70. The van der Waals surface area contributed by atoms with Gasteiger partial charge in [0.15, 0.2) is 5.96 Å². The molecule has 2 heterocycles. The normalized spacial score (nSPS) is 23.8. The molecule has 1 aliphatic carbocycles. The molecule has 0 amide bonds. The summed E-state index contributed by atoms with van der Waals surface area (Å²) in [6.45, 7) is 3.21. The molecule has 0 bridgehead atoms. The zero-order chi connectivity index (χ0) is 19.9. The second-order valence-electron chi connectivity index (χ2n) is 8.65. The van der Waals surface area contributed by atoms with E-state index in [4.69, 9.17) is 0 Å². The van der Waals surface area contributed by atoms with Crippen LogP contribution in [0, 0.1) is 0 Å². The molecule has 1 aliphatic heterocycles. The van der Waals surface area contributed by atoms with Gasteiger partial charge in [-0.15, -0.1) is 0 Å². The van der Waals surface area contributed by atoms with Crippen LogP contribution in [0.5, 0.6) is 0 Å². The summed E-state index contributed by atoms with van der Waals surface area (Å²) in [4.78, 5) is 9.44. The molecule has 0 radical (unpaired) electrons. The van der Waals surface area contributed by atoms with Crippen molar-refractivity contribution in [2.45, 2.75) is 63.1 Å². The summed E-state index contributed by atoms with van der Waals surface area (Å²) in [5.41, 5.74) is 1.22. The first-order valence-corrected chi connectivity index (χ1v) is 10.9. The first-order chi connectivity index (χ1) is 13.6. The summed E-state index contributed by atoms with van der Waals surface area (Å²) in [5, 5.41) is 11.5. The third-order valence-corrected chi connectivity index (χ3v) is 6.30. The van der Waals surface area contributed by atoms with Gasteiger partial charge in [0.1, 0.15) is 0 Å². The van der Waals surface area contributed by atoms with Gasteiger partial charge in [-0.05, 0) is 46.3 Å². The van der Waals surface area contributed by atoms with Crippen molar-refractivity contribution in [2.75, 3.05) is 40.8 Å². The predicted octanol–water partition coefficient (Wildman–Crippen LogP) is 1.98. The molecule has 7 nitrogen and oxygen atoms in total. The van der Waals surface area contributed by atoms with Crippen LogP contribution in [0.4, 0.5) is 0 Å². The number of rotatable bonds is 6. The Morgan fingerprint density at radius 1 is 1.25 bits per heavy atom. The van der Waals surface area contributed by atoms with Crippen LogP contribution in [-0.4, -0.2) is 78.4 Å². The number of nitrogens with one attached hydrogen (secondary N) is 2. The molecule has 2 N–H and O–H groups in total. The van der Waals surface area contributed by atoms with Gasteiger partial charge < -0.3 is 15.5 Å². The predicted molar refractivity (Wildman–Crippen MR) is 116 cm³/mol. The molecule has 0 spiro atoms. The highest BCUT2D eigenvalue weighted by Gasteiger charge is 2.27. The van der Waals surface area contributed by atoms with Crippen LogP contribution in [0.3, 0.4) is 0 Å². The van der Waals surface area contributed by atoms with E-state index in [1.165, 1.54) is 57.1 Å². The van der Waals surface area contributed by atoms with Crippen LogP contribution >= 0.6 is 0 Å². The minimum Gasteiger partial charge on any atom is -0.354 e. The van der Waals surface area contributed by atoms with Crippen molar-refractivity contribution in [3.05, 3.63) is 18.0 Å². The summed E-state index contributed by atoms with van der Waals surface area (Å²) in [6.07, 6.45) is 13.5. The maximum absolute atomic E-state index is 4.49. The van der Waals surface area contributed by atoms with Crippen molar-refractivity contribution in [3.63, 3.8) is 0 Å². The number of piperidine rings is 1. The zero-order valence-corrected chi connectivity index (χ0v) is 18.2. The molecule has 1 saturated heterocycles. The van der Waals surface area contributed by atoms with Crippen LogP contribution in [0.15, 0.2) is 17.4 Å². The lowest BCUT2D eigenvalue weighted by Gasteiger charge is -2.40. The molecule has 0 aromatic carbocycles. The minimum atomic E-state index is 0.261. The van der Waals surface area contributed by atoms with E-state index >= 15 is 0 Å². The van der Waals surface area contributed by atoms with Gasteiger partial charge in [0.25, 0.3) is 0 Å². The quantitative estimate of drug-likeness (QED) is 0.576. The van der Waals surface area contributed by atoms with Gasteiger partial charge >= 0.3 is 0 Å². The van der Waals surface area contributed by atoms with E-state index in [1.54, 1.807) is 0 Å². The second-order valence-corrected chi connectivity index (χ2v) is 8.65. The highest BCUT2D eigenvalue weighted by atomic mass is 15.3. The van der Waals surface area contributed by atoms with E-state index in [1.807, 2.05) is 25.0 Å². The fourth-order valence-electron chi connectivity index (χ4n) is 4.69. The van der Waals surface area contributed by atoms with Crippen molar-refractivity contribution in [3.8, 4) is 0 Å². The van der Waals surface area contributed by atoms with Crippen molar-refractivity contribution in [1.82, 2.24) is 30.2 Å². The standard InChI is InChI=1S/C21H39N7/c1-22-21(23-14-20(26(2)3)17-13-24-27(4)15-17)25-18-9-8-12-28(16-18)19-10-6-5-7-11-19/h13,15,18-20H,5-12,14,16H2,1-4H3,(H2,22,23,25). The number of aliphatic imine (C=N–C) groups is 1. The highest BCUT2D eigenvalue weighted by Crippen LogP contribution is 2.25. The van der Waals surface area contributed by atoms with Gasteiger partial charge in [-0.3, -0.25) is 14.6 Å². The number of aryl methyl sites for hydroxylation is 1. The lowest BCUT2D eigenvalue weighted by Crippen LogP contribution is -2.54. The molecule has 3 rings (SSSR count). The number of hydrogen-bond donors (Lipinski definition) is 2. The van der Waals surface area contributed by atoms with E-state index in [9.17, 15) is 0 Å². The zero-order valence-electron chi connectivity index (χ0n) is 18.2. The second kappa shape index (κ2) is 10.3. The molecule has 2 aliphatic rings. The number of hydrogen-bond acceptors (Lipinski definition) is 4. The van der Waals surface area contributed by atoms with E-state index < -0.39 is 0 Å². The van der Waals surface area contributed by atoms with Crippen LogP contribution in [0.2, 0.25) is 0 Å². The summed E-state index contributed by atoms with van der Waals surface area (Å²) in [6, 6.07) is 1.55. The van der Waals surface area contributed by atoms with Crippen LogP contribution in [0.1, 0.15) is 56.6 Å². The minimum absolute atomic E-state index is 0.261. The van der Waals surface area contributed by atoms with Gasteiger partial charge in [0.05, 0.1) is 12.2 Å². The first kappa shape index (κ1) is 21.1. The Balaban J connectivity index is 1.52. The Morgan fingerprint density at radius 3 is 2.68 bits per heavy atom. The van der Waals surface area contributed by atoms with E-state index in [0.29, 0.717) is 6.04 Å². The smallest absolute Gasteiger partial charge is 0.191 e. The molecule has 7 heteroatoms. The Kier molecular flexibility index (Phi) is 7.73. The molecular formula is C21H39N7. The lowest BCUT2D eigenvalue weighted by molar-refractivity contribution is 0.115. The highest BCUT2D eigenvalue weighted by molar-refractivity contribution is 5.80. The molecule has 28 heavy (non-hydrogen) atoms.